The van der Waals surface area contributed by atoms with Gasteiger partial charge in [0.25, 0.3) is 0 Å². The second kappa shape index (κ2) is 9.38. The van der Waals surface area contributed by atoms with Crippen LogP contribution in [0.5, 0.6) is 0 Å². The maximum atomic E-state index is 8.37. The number of allylic oxidation sites excluding steroid dienone is 2. The van der Waals surface area contributed by atoms with E-state index < -0.39 is 0 Å². The van der Waals surface area contributed by atoms with Gasteiger partial charge in [-0.05, 0) is 13.3 Å². The number of nitrogens with zero attached hydrogens (tertiary/aromatic N) is 2. The van der Waals surface area contributed by atoms with Crippen molar-refractivity contribution in [2.24, 2.45) is 4.99 Å². The first-order valence-corrected chi connectivity index (χ1v) is 8.42. The Morgan fingerprint density at radius 3 is 2.20 bits per heavy atom. The Labute approximate surface area is 150 Å². The summed E-state index contributed by atoms with van der Waals surface area (Å²) in [6.45, 7) is 5.86. The monoisotopic (exact) mass is 331 g/mol. The first kappa shape index (κ1) is 18.4. The Morgan fingerprint density at radius 1 is 1.08 bits per heavy atom. The smallest absolute Gasteiger partial charge is 0.154 e. The zero-order chi connectivity index (χ0) is 18.1. The first-order chi connectivity index (χ1) is 12.1. The van der Waals surface area contributed by atoms with E-state index in [1.54, 1.807) is 6.08 Å². The zero-order valence-electron chi connectivity index (χ0n) is 14.9. The van der Waals surface area contributed by atoms with Crippen LogP contribution >= 0.6 is 0 Å². The fourth-order valence-electron chi connectivity index (χ4n) is 2.44. The lowest BCUT2D eigenvalue weighted by atomic mass is 10.1. The molecule has 3 nitrogen and oxygen atoms in total. The van der Waals surface area contributed by atoms with Crippen molar-refractivity contribution >= 4 is 11.7 Å². The Bertz CT molecular complexity index is 745. The van der Waals surface area contributed by atoms with E-state index in [4.69, 9.17) is 5.41 Å². The van der Waals surface area contributed by atoms with Crippen LogP contribution < -0.4 is 0 Å². The highest BCUT2D eigenvalue weighted by molar-refractivity contribution is 6.10. The van der Waals surface area contributed by atoms with Gasteiger partial charge in [-0.3, -0.25) is 5.41 Å². The summed E-state index contributed by atoms with van der Waals surface area (Å²) in [5, 5.41) is 8.37. The second-order valence-electron chi connectivity index (χ2n) is 5.88. The van der Waals surface area contributed by atoms with Gasteiger partial charge in [-0.25, -0.2) is 4.99 Å². The molecule has 0 bridgehead atoms. The standard InChI is InChI=1S/C22H25N3/c1-4-5-8-13-18(2)25(3)22(20-16-11-7-12-17-20)24-21(23)19-14-9-6-10-15-19/h4-12,14-18,23H,1,13H2,2-3H3/b8-5-,23-21?,24-22-. The van der Waals surface area contributed by atoms with Crippen LogP contribution in [-0.4, -0.2) is 29.7 Å². The van der Waals surface area contributed by atoms with Crippen LogP contribution in [0.1, 0.15) is 24.5 Å². The molecule has 0 saturated heterocycles. The van der Waals surface area contributed by atoms with Crippen LogP contribution in [0.15, 0.2) is 90.5 Å². The maximum Gasteiger partial charge on any atom is 0.154 e. The molecule has 2 aromatic rings. The highest BCUT2D eigenvalue weighted by Gasteiger charge is 2.16. The molecular weight excluding hydrogens is 306 g/mol. The summed E-state index contributed by atoms with van der Waals surface area (Å²) in [7, 11) is 2.02. The van der Waals surface area contributed by atoms with Crippen molar-refractivity contribution in [3.05, 3.63) is 96.6 Å². The summed E-state index contributed by atoms with van der Waals surface area (Å²) < 4.78 is 0. The normalized spacial score (nSPS) is 12.8. The predicted molar refractivity (Wildman–Crippen MR) is 107 cm³/mol. The molecule has 0 aliphatic rings. The third kappa shape index (κ3) is 5.28. The molecule has 0 spiro atoms. The molecule has 128 valence electrons. The Hall–Kier alpha value is -2.94. The number of nitrogens with one attached hydrogen (secondary N) is 1. The summed E-state index contributed by atoms with van der Waals surface area (Å²) >= 11 is 0. The molecular formula is C22H25N3. The van der Waals surface area contributed by atoms with Crippen molar-refractivity contribution < 1.29 is 0 Å². The van der Waals surface area contributed by atoms with Crippen molar-refractivity contribution in [2.75, 3.05) is 7.05 Å². The van der Waals surface area contributed by atoms with Crippen molar-refractivity contribution in [3.8, 4) is 0 Å². The number of amidine groups is 2. The van der Waals surface area contributed by atoms with E-state index in [9.17, 15) is 0 Å². The first-order valence-electron chi connectivity index (χ1n) is 8.42. The van der Waals surface area contributed by atoms with Crippen LogP contribution in [0.25, 0.3) is 0 Å². The average molecular weight is 331 g/mol. The average Bonchev–Trinajstić information content (AvgIpc) is 2.67. The van der Waals surface area contributed by atoms with Gasteiger partial charge in [0.05, 0.1) is 0 Å². The molecule has 1 atom stereocenters. The fraction of sp³-hybridized carbons (Fsp3) is 0.182. The Balaban J connectivity index is 2.33. The lowest BCUT2D eigenvalue weighted by Crippen LogP contribution is -2.36. The van der Waals surface area contributed by atoms with Crippen LogP contribution in [-0.2, 0) is 0 Å². The van der Waals surface area contributed by atoms with Gasteiger partial charge in [-0.1, -0.05) is 85.5 Å². The summed E-state index contributed by atoms with van der Waals surface area (Å²) in [5.74, 6) is 1.06. The van der Waals surface area contributed by atoms with E-state index in [1.807, 2.05) is 73.8 Å². The third-order valence-corrected chi connectivity index (χ3v) is 4.04. The number of hydrogen-bond donors (Lipinski definition) is 1. The molecule has 0 amide bonds. The van der Waals surface area contributed by atoms with Gasteiger partial charge in [0.2, 0.25) is 0 Å². The number of rotatable bonds is 6. The van der Waals surface area contributed by atoms with Gasteiger partial charge in [-0.15, -0.1) is 0 Å². The SMILES string of the molecule is C=C/C=C\CC(C)N(C)/C(=N\C(=N)c1ccccc1)c1ccccc1. The zero-order valence-corrected chi connectivity index (χ0v) is 14.9. The van der Waals surface area contributed by atoms with Crippen molar-refractivity contribution in [2.45, 2.75) is 19.4 Å². The minimum atomic E-state index is 0.249. The molecule has 0 fully saturated rings. The van der Waals surface area contributed by atoms with E-state index in [0.29, 0.717) is 0 Å². The van der Waals surface area contributed by atoms with Crippen LogP contribution in [0.2, 0.25) is 0 Å². The lowest BCUT2D eigenvalue weighted by molar-refractivity contribution is 0.394. The summed E-state index contributed by atoms with van der Waals surface area (Å²) in [4.78, 5) is 6.77. The molecule has 1 N–H and O–H groups in total. The highest BCUT2D eigenvalue weighted by Crippen LogP contribution is 2.12. The van der Waals surface area contributed by atoms with Crippen LogP contribution in [0, 0.1) is 5.41 Å². The van der Waals surface area contributed by atoms with E-state index in [0.717, 1.165) is 23.4 Å². The lowest BCUT2D eigenvalue weighted by Gasteiger charge is -2.28. The fourth-order valence-corrected chi connectivity index (χ4v) is 2.44. The Kier molecular flexibility index (Phi) is 6.90. The molecule has 0 radical (unpaired) electrons. The van der Waals surface area contributed by atoms with E-state index in [-0.39, 0.29) is 11.9 Å². The molecule has 0 saturated carbocycles. The molecule has 0 aromatic heterocycles. The molecule has 0 aliphatic heterocycles. The highest BCUT2D eigenvalue weighted by atomic mass is 15.2. The van der Waals surface area contributed by atoms with Crippen molar-refractivity contribution in [1.82, 2.24) is 4.90 Å². The maximum absolute atomic E-state index is 8.37. The number of aliphatic imine (C=N–C) groups is 1. The Morgan fingerprint density at radius 2 is 1.64 bits per heavy atom. The van der Waals surface area contributed by atoms with Crippen LogP contribution in [0.4, 0.5) is 0 Å². The molecule has 25 heavy (non-hydrogen) atoms. The van der Waals surface area contributed by atoms with E-state index in [1.165, 1.54) is 0 Å². The molecule has 1 unspecified atom stereocenters. The predicted octanol–water partition coefficient (Wildman–Crippen LogP) is 4.91. The van der Waals surface area contributed by atoms with Gasteiger partial charge in [0, 0.05) is 24.2 Å². The molecule has 3 heteroatoms. The summed E-state index contributed by atoms with van der Waals surface area (Å²) in [6.07, 6.45) is 6.71. The van der Waals surface area contributed by atoms with Gasteiger partial charge in [0.1, 0.15) is 5.84 Å². The van der Waals surface area contributed by atoms with Crippen molar-refractivity contribution in [3.63, 3.8) is 0 Å². The molecule has 0 aliphatic carbocycles. The summed E-state index contributed by atoms with van der Waals surface area (Å²) in [5.41, 5.74) is 1.81. The second-order valence-corrected chi connectivity index (χ2v) is 5.88. The van der Waals surface area contributed by atoms with E-state index >= 15 is 0 Å². The van der Waals surface area contributed by atoms with E-state index in [2.05, 4.69) is 29.5 Å². The van der Waals surface area contributed by atoms with Gasteiger partial charge in [0.15, 0.2) is 5.84 Å². The van der Waals surface area contributed by atoms with Gasteiger partial charge < -0.3 is 4.90 Å². The largest absolute Gasteiger partial charge is 0.356 e. The third-order valence-electron chi connectivity index (χ3n) is 4.04. The van der Waals surface area contributed by atoms with Gasteiger partial charge in [-0.2, -0.15) is 0 Å². The molecule has 2 rings (SSSR count). The summed E-state index contributed by atoms with van der Waals surface area (Å²) in [6, 6.07) is 19.9. The quantitative estimate of drug-likeness (QED) is 0.456. The topological polar surface area (TPSA) is 39.5 Å². The minimum Gasteiger partial charge on any atom is -0.356 e. The van der Waals surface area contributed by atoms with Crippen molar-refractivity contribution in [1.29, 1.82) is 5.41 Å². The van der Waals surface area contributed by atoms with Gasteiger partial charge >= 0.3 is 0 Å². The minimum absolute atomic E-state index is 0.249. The molecule has 0 heterocycles. The number of benzene rings is 2. The number of hydrogen-bond acceptors (Lipinski definition) is 1. The van der Waals surface area contributed by atoms with Crippen LogP contribution in [0.3, 0.4) is 0 Å². The molecule has 2 aromatic carbocycles.